The monoisotopic (exact) mass is 657 g/mol. The van der Waals surface area contributed by atoms with Gasteiger partial charge in [0, 0.05) is 0 Å². The summed E-state index contributed by atoms with van der Waals surface area (Å²) in [6.07, 6.45) is -11.2. The first-order valence-corrected chi connectivity index (χ1v) is 15.9. The highest BCUT2D eigenvalue weighted by atomic mass is 16.7. The van der Waals surface area contributed by atoms with E-state index in [1.54, 1.807) is 0 Å². The van der Waals surface area contributed by atoms with Crippen molar-refractivity contribution in [1.82, 2.24) is 5.32 Å². The highest BCUT2D eigenvalue weighted by molar-refractivity contribution is 5.00. The van der Waals surface area contributed by atoms with Crippen molar-refractivity contribution < 1.29 is 69.3 Å². The predicted molar refractivity (Wildman–Crippen MR) is 155 cm³/mol. The predicted octanol–water partition coefficient (Wildman–Crippen LogP) is -4.32. The van der Waals surface area contributed by atoms with Gasteiger partial charge in [-0.15, -0.1) is 0 Å². The maximum Gasteiger partial charge on any atom is 0.176 e. The molecule has 0 aromatic carbocycles. The number of nitrogens with one attached hydrogen (secondary N) is 1. The van der Waals surface area contributed by atoms with Crippen molar-refractivity contribution in [2.75, 3.05) is 26.4 Å². The second-order valence-electron chi connectivity index (χ2n) is 12.0. The lowest BCUT2D eigenvalue weighted by Crippen LogP contribution is -2.70. The molecule has 0 spiro atoms. The fourth-order valence-corrected chi connectivity index (χ4v) is 5.93. The van der Waals surface area contributed by atoms with Crippen LogP contribution in [0.4, 0.5) is 0 Å². The van der Waals surface area contributed by atoms with E-state index in [9.17, 15) is 40.9 Å². The molecule has 3 aliphatic rings. The number of unbranched alkanes of at least 4 members (excludes halogenated alkanes) is 5. The lowest BCUT2D eigenvalue weighted by atomic mass is 9.94. The topological polar surface area (TPSA) is 281 Å². The quantitative estimate of drug-likeness (QED) is 0.0521. The van der Waals surface area contributed by atoms with E-state index in [2.05, 4.69) is 12.2 Å². The number of aliphatic hydroxyl groups is 8. The Morgan fingerprint density at radius 3 is 1.89 bits per heavy atom. The van der Waals surface area contributed by atoms with Crippen LogP contribution in [0.15, 0.2) is 0 Å². The van der Waals surface area contributed by atoms with Crippen molar-refractivity contribution in [3.05, 3.63) is 0 Å². The summed E-state index contributed by atoms with van der Waals surface area (Å²) < 4.78 is 34.8. The molecule has 0 aliphatic carbocycles. The molecule has 0 radical (unpaired) electrons. The zero-order chi connectivity index (χ0) is 33.3. The molecule has 266 valence electrons. The third-order valence-corrected chi connectivity index (χ3v) is 8.52. The first kappa shape index (κ1) is 38.8. The van der Waals surface area contributed by atoms with E-state index in [1.807, 2.05) is 0 Å². The van der Waals surface area contributed by atoms with Gasteiger partial charge >= 0.3 is 0 Å². The molecule has 0 aromatic heterocycles. The molecule has 0 amide bonds. The normalized spacial score (nSPS) is 43.3. The number of hydrogen-bond acceptors (Lipinski definition) is 17. The number of nitrogens with two attached hydrogens (primary N) is 2. The minimum absolute atomic E-state index is 0.431. The molecule has 3 aliphatic heterocycles. The molecule has 13 N–H and O–H groups in total. The fourth-order valence-electron chi connectivity index (χ4n) is 5.93. The highest BCUT2D eigenvalue weighted by Crippen LogP contribution is 2.32. The molecule has 3 heterocycles. The molecule has 45 heavy (non-hydrogen) atoms. The molecule has 3 fully saturated rings. The van der Waals surface area contributed by atoms with Crippen molar-refractivity contribution in [1.29, 1.82) is 0 Å². The smallest absolute Gasteiger partial charge is 0.176 e. The molecule has 17 heteroatoms. The SMILES string of the molecule is CCCCCCCCN[C@H]1[C@H](OC2[C@@H](CO)O[C@@H](O)[C@H](N)[C@H]2OC(C)O)O[C@H](CO)C(O[C@@H]2O[C@H](CO)[C@@H](O)[C@H](O)[C@H]2N)[C@@H]1O. The third kappa shape index (κ3) is 9.93. The summed E-state index contributed by atoms with van der Waals surface area (Å²) in [4.78, 5) is 0. The van der Waals surface area contributed by atoms with Gasteiger partial charge in [0.25, 0.3) is 0 Å². The van der Waals surface area contributed by atoms with Gasteiger partial charge in [-0.1, -0.05) is 39.0 Å². The molecular weight excluding hydrogens is 602 g/mol. The maximum absolute atomic E-state index is 11.7. The van der Waals surface area contributed by atoms with E-state index in [4.69, 9.17) is 39.9 Å². The summed E-state index contributed by atoms with van der Waals surface area (Å²) in [5, 5.41) is 85.6. The van der Waals surface area contributed by atoms with Crippen LogP contribution in [0.1, 0.15) is 52.4 Å². The number of rotatable bonds is 17. The Labute approximate surface area is 263 Å². The second kappa shape index (κ2) is 18.8. The lowest BCUT2D eigenvalue weighted by Gasteiger charge is -2.50. The van der Waals surface area contributed by atoms with Crippen LogP contribution in [0.2, 0.25) is 0 Å². The zero-order valence-corrected chi connectivity index (χ0v) is 26.0. The van der Waals surface area contributed by atoms with Gasteiger partial charge in [0.05, 0.1) is 37.9 Å². The van der Waals surface area contributed by atoms with Crippen LogP contribution in [0, 0.1) is 0 Å². The van der Waals surface area contributed by atoms with E-state index in [-0.39, 0.29) is 0 Å². The minimum Gasteiger partial charge on any atom is -0.394 e. The molecule has 17 nitrogen and oxygen atoms in total. The first-order valence-electron chi connectivity index (χ1n) is 15.9. The Morgan fingerprint density at radius 1 is 0.689 bits per heavy atom. The fraction of sp³-hybridized carbons (Fsp3) is 1.00. The molecule has 0 bridgehead atoms. The van der Waals surface area contributed by atoms with Crippen LogP contribution in [0.3, 0.4) is 0 Å². The maximum atomic E-state index is 11.7. The Bertz CT molecular complexity index is 833. The van der Waals surface area contributed by atoms with Crippen LogP contribution >= 0.6 is 0 Å². The van der Waals surface area contributed by atoms with Crippen molar-refractivity contribution in [2.45, 2.75) is 151 Å². The number of aliphatic hydroxyl groups excluding tert-OH is 8. The van der Waals surface area contributed by atoms with E-state index in [0.29, 0.717) is 6.54 Å². The lowest BCUT2D eigenvalue weighted by molar-refractivity contribution is -0.356. The summed E-state index contributed by atoms with van der Waals surface area (Å²) in [5.74, 6) is 0. The van der Waals surface area contributed by atoms with Gasteiger partial charge in [-0.05, 0) is 19.9 Å². The van der Waals surface area contributed by atoms with Gasteiger partial charge < -0.3 is 86.1 Å². The third-order valence-electron chi connectivity index (χ3n) is 8.52. The molecule has 0 saturated carbocycles. The molecular formula is C28H55N3O14. The summed E-state index contributed by atoms with van der Waals surface area (Å²) >= 11 is 0. The van der Waals surface area contributed by atoms with Gasteiger partial charge in [0.2, 0.25) is 0 Å². The van der Waals surface area contributed by atoms with Crippen LogP contribution in [0.5, 0.6) is 0 Å². The van der Waals surface area contributed by atoms with Gasteiger partial charge in [0.1, 0.15) is 54.9 Å². The summed E-state index contributed by atoms with van der Waals surface area (Å²) in [6, 6.07) is -3.48. The van der Waals surface area contributed by atoms with Gasteiger partial charge in [0.15, 0.2) is 25.2 Å². The molecule has 3 saturated heterocycles. The van der Waals surface area contributed by atoms with Crippen LogP contribution < -0.4 is 16.8 Å². The van der Waals surface area contributed by atoms with E-state index < -0.39 is 118 Å². The summed E-state index contributed by atoms with van der Waals surface area (Å²) in [6.45, 7) is 1.97. The van der Waals surface area contributed by atoms with E-state index in [0.717, 1.165) is 38.5 Å². The Balaban J connectivity index is 1.84. The average Bonchev–Trinajstić information content (AvgIpc) is 3.02. The Morgan fingerprint density at radius 2 is 1.27 bits per heavy atom. The number of ether oxygens (including phenoxy) is 6. The summed E-state index contributed by atoms with van der Waals surface area (Å²) in [7, 11) is 0. The summed E-state index contributed by atoms with van der Waals surface area (Å²) in [5.41, 5.74) is 12.2. The minimum atomic E-state index is -1.54. The molecule has 0 aromatic rings. The second-order valence-corrected chi connectivity index (χ2v) is 12.0. The van der Waals surface area contributed by atoms with Crippen molar-refractivity contribution >= 4 is 0 Å². The molecule has 16 atom stereocenters. The Kier molecular flexibility index (Phi) is 16.2. The molecule has 3 rings (SSSR count). The van der Waals surface area contributed by atoms with E-state index in [1.165, 1.54) is 6.92 Å². The Hall–Kier alpha value is -0.680. The largest absolute Gasteiger partial charge is 0.394 e. The van der Waals surface area contributed by atoms with Crippen molar-refractivity contribution in [2.24, 2.45) is 11.5 Å². The van der Waals surface area contributed by atoms with Crippen molar-refractivity contribution in [3.63, 3.8) is 0 Å². The molecule has 3 unspecified atom stereocenters. The highest BCUT2D eigenvalue weighted by Gasteiger charge is 2.53. The van der Waals surface area contributed by atoms with Gasteiger partial charge in [-0.25, -0.2) is 0 Å². The van der Waals surface area contributed by atoms with E-state index >= 15 is 0 Å². The van der Waals surface area contributed by atoms with Crippen molar-refractivity contribution in [3.8, 4) is 0 Å². The first-order chi connectivity index (χ1) is 21.5. The van der Waals surface area contributed by atoms with Gasteiger partial charge in [-0.2, -0.15) is 0 Å². The van der Waals surface area contributed by atoms with Crippen LogP contribution in [-0.2, 0) is 28.4 Å². The number of hydrogen-bond donors (Lipinski definition) is 11. The zero-order valence-electron chi connectivity index (χ0n) is 26.0. The average molecular weight is 658 g/mol. The standard InChI is InChI=1S/C28H55N3O14/c1-3-4-5-6-7-8-9-31-19-22(38)23(44-27-17(29)21(37)20(36)14(10-32)42-27)15(11-33)43-28(19)45-24-16(12-34)41-26(39)18(30)25(24)40-13(2)35/h13-28,31-39H,3-12,29-30H2,1-2H3/t13?,14-,15-,16-,17-,18-,19-,20-,21-,22-,23?,24?,25-,26-,27+,28+/m1/s1. The van der Waals surface area contributed by atoms with Crippen LogP contribution in [0.25, 0.3) is 0 Å². The van der Waals surface area contributed by atoms with Crippen LogP contribution in [-0.4, -0.2) is 165 Å². The van der Waals surface area contributed by atoms with Gasteiger partial charge in [-0.3, -0.25) is 0 Å².